The van der Waals surface area contributed by atoms with E-state index in [0.717, 1.165) is 58.7 Å². The van der Waals surface area contributed by atoms with Gasteiger partial charge in [0, 0.05) is 51.9 Å². The van der Waals surface area contributed by atoms with Crippen molar-refractivity contribution in [3.05, 3.63) is 66.0 Å². The maximum absolute atomic E-state index is 14.0. The zero-order chi connectivity index (χ0) is 21.6. The van der Waals surface area contributed by atoms with Gasteiger partial charge in [-0.2, -0.15) is 0 Å². The minimum Gasteiger partial charge on any atom is -0.367 e. The molecule has 2 aromatic carbocycles. The van der Waals surface area contributed by atoms with Crippen molar-refractivity contribution < 1.29 is 9.18 Å². The average Bonchev–Trinajstić information content (AvgIpc) is 2.81. The first-order valence-corrected chi connectivity index (χ1v) is 11.4. The van der Waals surface area contributed by atoms with Crippen molar-refractivity contribution in [2.24, 2.45) is 0 Å². The molecule has 1 unspecified atom stereocenters. The van der Waals surface area contributed by atoms with Crippen LogP contribution in [0.1, 0.15) is 25.3 Å². The van der Waals surface area contributed by atoms with Gasteiger partial charge >= 0.3 is 0 Å². The number of carbonyl (C=O) groups excluding carboxylic acids is 1. The predicted octanol–water partition coefficient (Wildman–Crippen LogP) is 3.12. The molecule has 5 nitrogen and oxygen atoms in total. The lowest BCUT2D eigenvalue weighted by Gasteiger charge is -2.39. The molecule has 2 fully saturated rings. The molecule has 2 heterocycles. The lowest BCUT2D eigenvalue weighted by Crippen LogP contribution is -2.56. The van der Waals surface area contributed by atoms with Gasteiger partial charge in [-0.15, -0.1) is 0 Å². The van der Waals surface area contributed by atoms with Crippen LogP contribution in [0.4, 0.5) is 10.1 Å². The van der Waals surface area contributed by atoms with Crippen LogP contribution in [0.3, 0.4) is 0 Å². The molecule has 166 valence electrons. The largest absolute Gasteiger partial charge is 0.367 e. The van der Waals surface area contributed by atoms with Crippen molar-refractivity contribution in [1.82, 2.24) is 15.1 Å². The molecule has 4 rings (SSSR count). The highest BCUT2D eigenvalue weighted by molar-refractivity contribution is 5.81. The van der Waals surface area contributed by atoms with E-state index in [9.17, 15) is 9.18 Å². The zero-order valence-electron chi connectivity index (χ0n) is 18.3. The fourth-order valence-corrected chi connectivity index (χ4v) is 4.62. The minimum atomic E-state index is -0.180. The number of halogens is 1. The molecule has 0 aliphatic carbocycles. The van der Waals surface area contributed by atoms with Crippen LogP contribution in [0.15, 0.2) is 54.6 Å². The third kappa shape index (κ3) is 5.63. The first kappa shape index (κ1) is 21.8. The highest BCUT2D eigenvalue weighted by Gasteiger charge is 2.28. The molecule has 0 spiro atoms. The number of benzene rings is 2. The third-order valence-corrected chi connectivity index (χ3v) is 6.62. The standard InChI is InChI=1S/C25H33FN4O/c1-20(29-15-17-30(18-16-29)24-10-6-5-9-23(24)26)25(31)27-22-11-13-28(14-12-22)19-21-7-3-2-4-8-21/h2-10,20,22H,11-19H2,1H3,(H,27,31). The number of amides is 1. The SMILES string of the molecule is CC(C(=O)NC1CCN(Cc2ccccc2)CC1)N1CCN(c2ccccc2F)CC1. The Bertz CT molecular complexity index is 846. The van der Waals surface area contributed by atoms with Crippen molar-refractivity contribution >= 4 is 11.6 Å². The summed E-state index contributed by atoms with van der Waals surface area (Å²) < 4.78 is 14.0. The van der Waals surface area contributed by atoms with Crippen LogP contribution >= 0.6 is 0 Å². The summed E-state index contributed by atoms with van der Waals surface area (Å²) in [6, 6.07) is 17.6. The van der Waals surface area contributed by atoms with Crippen LogP contribution in [0, 0.1) is 5.82 Å². The Kier molecular flexibility index (Phi) is 7.20. The molecule has 2 aliphatic rings. The van der Waals surface area contributed by atoms with Gasteiger partial charge in [0.2, 0.25) is 5.91 Å². The monoisotopic (exact) mass is 424 g/mol. The van der Waals surface area contributed by atoms with Crippen molar-refractivity contribution in [3.8, 4) is 0 Å². The second-order valence-corrected chi connectivity index (χ2v) is 8.70. The summed E-state index contributed by atoms with van der Waals surface area (Å²) in [6.07, 6.45) is 1.98. The summed E-state index contributed by atoms with van der Waals surface area (Å²) in [5.74, 6) is -0.0683. The maximum atomic E-state index is 14.0. The number of para-hydroxylation sites is 1. The number of likely N-dealkylation sites (tertiary alicyclic amines) is 1. The number of nitrogens with one attached hydrogen (secondary N) is 1. The number of carbonyl (C=O) groups is 1. The quantitative estimate of drug-likeness (QED) is 0.774. The Balaban J connectivity index is 1.20. The lowest BCUT2D eigenvalue weighted by molar-refractivity contribution is -0.127. The fourth-order valence-electron chi connectivity index (χ4n) is 4.62. The van der Waals surface area contributed by atoms with Crippen LogP contribution in [-0.2, 0) is 11.3 Å². The van der Waals surface area contributed by atoms with Gasteiger partial charge in [-0.3, -0.25) is 14.6 Å². The number of anilines is 1. The van der Waals surface area contributed by atoms with Gasteiger partial charge < -0.3 is 10.2 Å². The first-order valence-electron chi connectivity index (χ1n) is 11.4. The molecule has 2 aliphatic heterocycles. The molecule has 2 saturated heterocycles. The van der Waals surface area contributed by atoms with Crippen molar-refractivity contribution in [1.29, 1.82) is 0 Å². The average molecular weight is 425 g/mol. The lowest BCUT2D eigenvalue weighted by atomic mass is 10.0. The van der Waals surface area contributed by atoms with Crippen molar-refractivity contribution in [2.75, 3.05) is 44.2 Å². The highest BCUT2D eigenvalue weighted by Crippen LogP contribution is 2.21. The molecular weight excluding hydrogens is 391 g/mol. The third-order valence-electron chi connectivity index (χ3n) is 6.62. The van der Waals surface area contributed by atoms with E-state index in [1.807, 2.05) is 25.1 Å². The van der Waals surface area contributed by atoms with Crippen LogP contribution < -0.4 is 10.2 Å². The number of hydrogen-bond acceptors (Lipinski definition) is 4. The summed E-state index contributed by atoms with van der Waals surface area (Å²) in [5, 5.41) is 3.27. The Morgan fingerprint density at radius 2 is 1.61 bits per heavy atom. The summed E-state index contributed by atoms with van der Waals surface area (Å²) in [7, 11) is 0. The Hall–Kier alpha value is -2.44. The molecule has 31 heavy (non-hydrogen) atoms. The van der Waals surface area contributed by atoms with Crippen LogP contribution in [0.2, 0.25) is 0 Å². The van der Waals surface area contributed by atoms with E-state index in [1.165, 1.54) is 11.6 Å². The molecule has 1 amide bonds. The summed E-state index contributed by atoms with van der Waals surface area (Å²) in [6.45, 7) is 7.97. The molecule has 0 aromatic heterocycles. The Morgan fingerprint density at radius 3 is 2.29 bits per heavy atom. The molecule has 0 radical (unpaired) electrons. The van der Waals surface area contributed by atoms with Crippen LogP contribution in [-0.4, -0.2) is 67.1 Å². The fraction of sp³-hybridized carbons (Fsp3) is 0.480. The number of hydrogen-bond donors (Lipinski definition) is 1. The van der Waals surface area contributed by atoms with Crippen molar-refractivity contribution in [3.63, 3.8) is 0 Å². The van der Waals surface area contributed by atoms with Gasteiger partial charge in [0.25, 0.3) is 0 Å². The topological polar surface area (TPSA) is 38.8 Å². The van der Waals surface area contributed by atoms with Crippen LogP contribution in [0.5, 0.6) is 0 Å². The molecule has 1 atom stereocenters. The van der Waals surface area contributed by atoms with Gasteiger partial charge in [0.15, 0.2) is 0 Å². The second kappa shape index (κ2) is 10.2. The highest BCUT2D eigenvalue weighted by atomic mass is 19.1. The van der Waals surface area contributed by atoms with Gasteiger partial charge in [0.05, 0.1) is 11.7 Å². The van der Waals surface area contributed by atoms with Gasteiger partial charge in [-0.25, -0.2) is 4.39 Å². The normalized spacial score (nSPS) is 19.9. The first-order chi connectivity index (χ1) is 15.1. The summed E-state index contributed by atoms with van der Waals surface area (Å²) in [4.78, 5) is 19.6. The maximum Gasteiger partial charge on any atom is 0.237 e. The van der Waals surface area contributed by atoms with E-state index >= 15 is 0 Å². The number of rotatable bonds is 6. The number of piperidine rings is 1. The van der Waals surface area contributed by atoms with E-state index < -0.39 is 0 Å². The van der Waals surface area contributed by atoms with Gasteiger partial charge in [0.1, 0.15) is 5.82 Å². The molecular formula is C25H33FN4O. The molecule has 0 saturated carbocycles. The summed E-state index contributed by atoms with van der Waals surface area (Å²) in [5.41, 5.74) is 2.00. The smallest absolute Gasteiger partial charge is 0.237 e. The molecule has 6 heteroatoms. The molecule has 0 bridgehead atoms. The van der Waals surface area contributed by atoms with E-state index in [4.69, 9.17) is 0 Å². The van der Waals surface area contributed by atoms with Crippen LogP contribution in [0.25, 0.3) is 0 Å². The van der Waals surface area contributed by atoms with E-state index in [2.05, 4.69) is 44.3 Å². The predicted molar refractivity (Wildman–Crippen MR) is 123 cm³/mol. The number of nitrogens with zero attached hydrogens (tertiary/aromatic N) is 3. The second-order valence-electron chi connectivity index (χ2n) is 8.70. The number of piperazine rings is 1. The van der Waals surface area contributed by atoms with E-state index in [1.54, 1.807) is 6.07 Å². The van der Waals surface area contributed by atoms with E-state index in [-0.39, 0.29) is 23.8 Å². The van der Waals surface area contributed by atoms with Gasteiger partial charge in [-0.05, 0) is 37.5 Å². The minimum absolute atomic E-state index is 0.112. The molecule has 1 N–H and O–H groups in total. The van der Waals surface area contributed by atoms with Crippen molar-refractivity contribution in [2.45, 2.75) is 38.4 Å². The Labute approximate surface area is 184 Å². The van der Waals surface area contributed by atoms with Gasteiger partial charge in [-0.1, -0.05) is 42.5 Å². The zero-order valence-corrected chi connectivity index (χ0v) is 18.3. The van der Waals surface area contributed by atoms with E-state index in [0.29, 0.717) is 5.69 Å². The molecule has 2 aromatic rings. The Morgan fingerprint density at radius 1 is 0.968 bits per heavy atom. The summed E-state index contributed by atoms with van der Waals surface area (Å²) >= 11 is 0.